The standard InChI is InChI=1S/C16H18Cl2N2S/c1-3-14-9(2)21-16(20-14)15(19-11-5-6-11)10-4-7-12(17)13(18)8-10/h4,7-8,11,15,19H,3,5-6H2,1-2H3. The Kier molecular flexibility index (Phi) is 4.55. The highest BCUT2D eigenvalue weighted by Crippen LogP contribution is 2.34. The van der Waals surface area contributed by atoms with Crippen molar-refractivity contribution in [2.45, 2.75) is 45.2 Å². The molecule has 0 spiro atoms. The molecule has 0 saturated heterocycles. The zero-order chi connectivity index (χ0) is 15.0. The average molecular weight is 341 g/mol. The lowest BCUT2D eigenvalue weighted by atomic mass is 10.1. The van der Waals surface area contributed by atoms with Crippen LogP contribution in [0.4, 0.5) is 0 Å². The summed E-state index contributed by atoms with van der Waals surface area (Å²) in [6, 6.07) is 6.56. The Morgan fingerprint density at radius 3 is 2.67 bits per heavy atom. The summed E-state index contributed by atoms with van der Waals surface area (Å²) < 4.78 is 0. The van der Waals surface area contributed by atoms with Gasteiger partial charge < -0.3 is 5.32 Å². The number of thiazole rings is 1. The molecule has 1 aromatic heterocycles. The van der Waals surface area contributed by atoms with Crippen molar-refractivity contribution in [2.75, 3.05) is 0 Å². The molecule has 2 nitrogen and oxygen atoms in total. The Bertz CT molecular complexity index is 650. The molecule has 1 saturated carbocycles. The lowest BCUT2D eigenvalue weighted by Gasteiger charge is -2.17. The first kappa shape index (κ1) is 15.3. The number of benzene rings is 1. The van der Waals surface area contributed by atoms with E-state index in [2.05, 4.69) is 19.2 Å². The summed E-state index contributed by atoms with van der Waals surface area (Å²) >= 11 is 14.0. The van der Waals surface area contributed by atoms with E-state index < -0.39 is 0 Å². The number of hydrogen-bond acceptors (Lipinski definition) is 3. The number of aryl methyl sites for hydroxylation is 2. The van der Waals surface area contributed by atoms with Crippen molar-refractivity contribution < 1.29 is 0 Å². The first-order valence-corrected chi connectivity index (χ1v) is 8.83. The van der Waals surface area contributed by atoms with Gasteiger partial charge in [0.25, 0.3) is 0 Å². The van der Waals surface area contributed by atoms with Gasteiger partial charge in [-0.3, -0.25) is 0 Å². The number of aromatic nitrogens is 1. The molecule has 1 fully saturated rings. The second kappa shape index (κ2) is 6.25. The molecule has 5 heteroatoms. The molecule has 3 rings (SSSR count). The number of nitrogens with one attached hydrogen (secondary N) is 1. The number of nitrogens with zero attached hydrogens (tertiary/aromatic N) is 1. The Balaban J connectivity index is 1.97. The van der Waals surface area contributed by atoms with Crippen LogP contribution in [0.3, 0.4) is 0 Å². The molecule has 1 aliphatic carbocycles. The number of rotatable bonds is 5. The Morgan fingerprint density at radius 1 is 1.33 bits per heavy atom. The average Bonchev–Trinajstić information content (AvgIpc) is 3.21. The first-order valence-electron chi connectivity index (χ1n) is 7.25. The van der Waals surface area contributed by atoms with Gasteiger partial charge in [-0.2, -0.15) is 0 Å². The van der Waals surface area contributed by atoms with Gasteiger partial charge in [-0.25, -0.2) is 4.98 Å². The molecule has 1 heterocycles. The van der Waals surface area contributed by atoms with E-state index in [0.717, 1.165) is 17.0 Å². The van der Waals surface area contributed by atoms with E-state index in [4.69, 9.17) is 28.2 Å². The molecular weight excluding hydrogens is 323 g/mol. The maximum Gasteiger partial charge on any atom is 0.115 e. The van der Waals surface area contributed by atoms with Crippen LogP contribution >= 0.6 is 34.5 Å². The smallest absolute Gasteiger partial charge is 0.115 e. The molecule has 2 aromatic rings. The summed E-state index contributed by atoms with van der Waals surface area (Å²) in [6.07, 6.45) is 3.45. The molecule has 1 aromatic carbocycles. The van der Waals surface area contributed by atoms with Crippen LogP contribution in [-0.2, 0) is 6.42 Å². The number of hydrogen-bond donors (Lipinski definition) is 1. The minimum Gasteiger partial charge on any atom is -0.301 e. The topological polar surface area (TPSA) is 24.9 Å². The van der Waals surface area contributed by atoms with Gasteiger partial charge in [0, 0.05) is 10.9 Å². The fraction of sp³-hybridized carbons (Fsp3) is 0.438. The van der Waals surface area contributed by atoms with Gasteiger partial charge in [0.2, 0.25) is 0 Å². The summed E-state index contributed by atoms with van der Waals surface area (Å²) in [7, 11) is 0. The lowest BCUT2D eigenvalue weighted by molar-refractivity contribution is 0.597. The van der Waals surface area contributed by atoms with Gasteiger partial charge >= 0.3 is 0 Å². The van der Waals surface area contributed by atoms with E-state index >= 15 is 0 Å². The summed E-state index contributed by atoms with van der Waals surface area (Å²) in [5.41, 5.74) is 2.32. The minimum atomic E-state index is 0.108. The zero-order valence-corrected chi connectivity index (χ0v) is 14.4. The van der Waals surface area contributed by atoms with Gasteiger partial charge in [-0.05, 0) is 43.9 Å². The van der Waals surface area contributed by atoms with Crippen LogP contribution in [0.1, 0.15) is 46.9 Å². The first-order chi connectivity index (χ1) is 10.1. The second-order valence-electron chi connectivity index (χ2n) is 5.46. The highest BCUT2D eigenvalue weighted by atomic mass is 35.5. The van der Waals surface area contributed by atoms with Crippen molar-refractivity contribution in [1.29, 1.82) is 0 Å². The molecular formula is C16H18Cl2N2S. The molecule has 112 valence electrons. The van der Waals surface area contributed by atoms with Gasteiger partial charge in [0.15, 0.2) is 0 Å². The molecule has 1 atom stereocenters. The van der Waals surface area contributed by atoms with Gasteiger partial charge in [0.1, 0.15) is 5.01 Å². The highest BCUT2D eigenvalue weighted by molar-refractivity contribution is 7.11. The zero-order valence-electron chi connectivity index (χ0n) is 12.1. The van der Waals surface area contributed by atoms with E-state index in [0.29, 0.717) is 16.1 Å². The Morgan fingerprint density at radius 2 is 2.10 bits per heavy atom. The van der Waals surface area contributed by atoms with Gasteiger partial charge in [0.05, 0.1) is 21.8 Å². The maximum atomic E-state index is 6.18. The molecule has 1 aliphatic rings. The Labute approximate surface area is 139 Å². The third-order valence-corrected chi connectivity index (χ3v) is 5.56. The third-order valence-electron chi connectivity index (χ3n) is 3.75. The normalized spacial score (nSPS) is 16.2. The Hall–Kier alpha value is -0.610. The molecule has 21 heavy (non-hydrogen) atoms. The molecule has 0 aliphatic heterocycles. The fourth-order valence-corrected chi connectivity index (χ4v) is 3.80. The summed E-state index contributed by atoms with van der Waals surface area (Å²) in [5, 5.41) is 5.99. The van der Waals surface area contributed by atoms with Crippen LogP contribution in [-0.4, -0.2) is 11.0 Å². The van der Waals surface area contributed by atoms with E-state index in [-0.39, 0.29) is 6.04 Å². The van der Waals surface area contributed by atoms with Crippen molar-refractivity contribution in [3.63, 3.8) is 0 Å². The largest absolute Gasteiger partial charge is 0.301 e. The second-order valence-corrected chi connectivity index (χ2v) is 7.51. The number of halogens is 2. The third kappa shape index (κ3) is 3.42. The monoisotopic (exact) mass is 340 g/mol. The molecule has 0 bridgehead atoms. The van der Waals surface area contributed by atoms with Crippen molar-refractivity contribution in [3.05, 3.63) is 49.4 Å². The van der Waals surface area contributed by atoms with Crippen molar-refractivity contribution in [1.82, 2.24) is 10.3 Å². The van der Waals surface area contributed by atoms with E-state index in [9.17, 15) is 0 Å². The van der Waals surface area contributed by atoms with Crippen molar-refractivity contribution in [3.8, 4) is 0 Å². The van der Waals surface area contributed by atoms with Crippen LogP contribution < -0.4 is 5.32 Å². The van der Waals surface area contributed by atoms with Crippen LogP contribution in [0.15, 0.2) is 18.2 Å². The van der Waals surface area contributed by atoms with Crippen LogP contribution in [0.2, 0.25) is 10.0 Å². The molecule has 1 N–H and O–H groups in total. The highest BCUT2D eigenvalue weighted by Gasteiger charge is 2.28. The fourth-order valence-electron chi connectivity index (χ4n) is 2.39. The van der Waals surface area contributed by atoms with Gasteiger partial charge in [-0.1, -0.05) is 36.2 Å². The predicted octanol–water partition coefficient (Wildman–Crippen LogP) is 5.16. The van der Waals surface area contributed by atoms with Crippen molar-refractivity contribution in [2.24, 2.45) is 0 Å². The van der Waals surface area contributed by atoms with Crippen LogP contribution in [0.5, 0.6) is 0 Å². The maximum absolute atomic E-state index is 6.18. The SMILES string of the molecule is CCc1nc(C(NC2CC2)c2ccc(Cl)c(Cl)c2)sc1C. The van der Waals surface area contributed by atoms with Crippen LogP contribution in [0.25, 0.3) is 0 Å². The molecule has 0 amide bonds. The van der Waals surface area contributed by atoms with E-state index in [1.807, 2.05) is 18.2 Å². The molecule has 1 unspecified atom stereocenters. The summed E-state index contributed by atoms with van der Waals surface area (Å²) in [4.78, 5) is 6.12. The van der Waals surface area contributed by atoms with Gasteiger partial charge in [-0.15, -0.1) is 11.3 Å². The predicted molar refractivity (Wildman–Crippen MR) is 90.7 cm³/mol. The summed E-state index contributed by atoms with van der Waals surface area (Å²) in [5.74, 6) is 0. The minimum absolute atomic E-state index is 0.108. The van der Waals surface area contributed by atoms with E-state index in [1.165, 1.54) is 23.4 Å². The quantitative estimate of drug-likeness (QED) is 0.812. The van der Waals surface area contributed by atoms with E-state index in [1.54, 1.807) is 11.3 Å². The van der Waals surface area contributed by atoms with Crippen molar-refractivity contribution >= 4 is 34.5 Å². The molecule has 0 radical (unpaired) electrons. The lowest BCUT2D eigenvalue weighted by Crippen LogP contribution is -2.24. The summed E-state index contributed by atoms with van der Waals surface area (Å²) in [6.45, 7) is 4.29. The van der Waals surface area contributed by atoms with Crippen LogP contribution in [0, 0.1) is 6.92 Å².